The molecule has 0 radical (unpaired) electrons. The number of β-amino-alcohol motifs (C(OH)–C–C–N with tert-alkyl or cyclic N) is 1. The number of halogens is 2. The summed E-state index contributed by atoms with van der Waals surface area (Å²) in [4.78, 5) is 16.1. The molecule has 0 spiro atoms. The number of aromatic nitrogens is 3. The van der Waals surface area contributed by atoms with Crippen molar-refractivity contribution in [3.8, 4) is 22.9 Å². The number of anilines is 1. The van der Waals surface area contributed by atoms with Crippen LogP contribution >= 0.6 is 24.0 Å². The Bertz CT molecular complexity index is 1200. The number of nitrogens with one attached hydrogen (secondary N) is 2. The molecule has 1 aliphatic heterocycles. The highest BCUT2D eigenvalue weighted by Gasteiger charge is 2.26. The van der Waals surface area contributed by atoms with Crippen molar-refractivity contribution in [1.82, 2.24) is 20.1 Å². The fraction of sp³-hybridized carbons (Fsp3) is 0.375. The van der Waals surface area contributed by atoms with Gasteiger partial charge in [-0.1, -0.05) is 11.6 Å². The van der Waals surface area contributed by atoms with Crippen molar-refractivity contribution in [1.29, 1.82) is 0 Å². The second-order valence-electron chi connectivity index (χ2n) is 8.99. The van der Waals surface area contributed by atoms with Gasteiger partial charge in [0.15, 0.2) is 12.4 Å². The second kappa shape index (κ2) is 13.0. The van der Waals surface area contributed by atoms with E-state index in [1.165, 1.54) is 12.1 Å². The minimum atomic E-state index is -0.945. The monoisotopic (exact) mass is 557 g/mol. The Hall–Kier alpha value is -2.93. The van der Waals surface area contributed by atoms with Gasteiger partial charge in [-0.3, -0.25) is 4.79 Å². The van der Waals surface area contributed by atoms with Gasteiger partial charge in [0, 0.05) is 40.8 Å². The van der Waals surface area contributed by atoms with E-state index in [0.717, 1.165) is 17.8 Å². The largest absolute Gasteiger partial charge is 0.508 e. The number of rotatable bonds is 8. The van der Waals surface area contributed by atoms with Gasteiger partial charge in [0.25, 0.3) is 5.91 Å². The molecule has 0 aliphatic carbocycles. The van der Waals surface area contributed by atoms with Crippen LogP contribution in [0.15, 0.2) is 36.4 Å². The SMILES string of the molecule is Cc1nc(-c2ccc(Cl)cc2)nn1CCC(C)(C)NC[C@H](O)c1cc(O)cc2c1OCC(=O)N2.Cl.O.O. The maximum atomic E-state index is 11.6. The van der Waals surface area contributed by atoms with Crippen molar-refractivity contribution in [3.05, 3.63) is 52.8 Å². The zero-order valence-corrected chi connectivity index (χ0v) is 22.3. The number of carbonyl (C=O) groups is 1. The summed E-state index contributed by atoms with van der Waals surface area (Å²) in [6.45, 7) is 6.74. The molecule has 8 N–H and O–H groups in total. The molecule has 0 unspecified atom stereocenters. The number of fused-ring (bicyclic) bond motifs is 1. The summed E-state index contributed by atoms with van der Waals surface area (Å²) >= 11 is 5.97. The van der Waals surface area contributed by atoms with Crippen molar-refractivity contribution in [3.63, 3.8) is 0 Å². The van der Waals surface area contributed by atoms with Crippen LogP contribution in [0.25, 0.3) is 11.4 Å². The Labute approximate surface area is 225 Å². The van der Waals surface area contributed by atoms with Gasteiger partial charge in [0.2, 0.25) is 0 Å². The van der Waals surface area contributed by atoms with Crippen molar-refractivity contribution in [2.45, 2.75) is 45.4 Å². The average Bonchev–Trinajstić information content (AvgIpc) is 3.16. The van der Waals surface area contributed by atoms with Crippen molar-refractivity contribution < 1.29 is 30.7 Å². The summed E-state index contributed by atoms with van der Waals surface area (Å²) in [5.41, 5.74) is 1.34. The molecule has 0 saturated heterocycles. The van der Waals surface area contributed by atoms with Gasteiger partial charge in [-0.2, -0.15) is 5.10 Å². The van der Waals surface area contributed by atoms with E-state index in [9.17, 15) is 15.0 Å². The molecule has 1 atom stereocenters. The minimum absolute atomic E-state index is 0. The first-order valence-electron chi connectivity index (χ1n) is 11.0. The molecule has 0 saturated carbocycles. The minimum Gasteiger partial charge on any atom is -0.508 e. The number of aliphatic hydroxyl groups is 1. The topological polar surface area (TPSA) is 185 Å². The van der Waals surface area contributed by atoms with Crippen LogP contribution in [0.5, 0.6) is 11.5 Å². The Morgan fingerprint density at radius 1 is 1.24 bits per heavy atom. The normalized spacial score (nSPS) is 13.2. The first-order chi connectivity index (χ1) is 16.1. The van der Waals surface area contributed by atoms with E-state index in [2.05, 4.69) is 20.7 Å². The van der Waals surface area contributed by atoms with Gasteiger partial charge in [0.1, 0.15) is 17.3 Å². The molecule has 204 valence electrons. The Morgan fingerprint density at radius 2 is 1.92 bits per heavy atom. The fourth-order valence-electron chi connectivity index (χ4n) is 3.77. The van der Waals surface area contributed by atoms with E-state index in [1.54, 1.807) is 0 Å². The van der Waals surface area contributed by atoms with Gasteiger partial charge < -0.3 is 36.5 Å². The highest BCUT2D eigenvalue weighted by molar-refractivity contribution is 6.30. The lowest BCUT2D eigenvalue weighted by Crippen LogP contribution is -2.42. The third-order valence-corrected chi connectivity index (χ3v) is 6.02. The number of phenolic OH excluding ortho intramolecular Hbond substituents is 1. The lowest BCUT2D eigenvalue weighted by atomic mass is 9.99. The summed E-state index contributed by atoms with van der Waals surface area (Å²) in [6.07, 6.45) is -0.214. The zero-order chi connectivity index (χ0) is 24.5. The fourth-order valence-corrected chi connectivity index (χ4v) is 3.90. The van der Waals surface area contributed by atoms with Crippen LogP contribution in [0.4, 0.5) is 5.69 Å². The Balaban J connectivity index is 0.00000228. The van der Waals surface area contributed by atoms with E-state index >= 15 is 0 Å². The van der Waals surface area contributed by atoms with Gasteiger partial charge >= 0.3 is 0 Å². The van der Waals surface area contributed by atoms with Crippen LogP contribution < -0.4 is 15.4 Å². The molecule has 13 heteroatoms. The number of benzene rings is 2. The standard InChI is InChI=1S/C24H28ClN5O4.ClH.2H2O/c1-14-27-23(15-4-6-16(25)7-5-15)29-30(14)9-8-24(2,3)26-12-20(32)18-10-17(31)11-19-22(18)34-13-21(33)28-19;;;/h4-7,10-11,20,26,31-32H,8-9,12-13H2,1-3H3,(H,28,33);1H;2*1H2/t20-;;;/m0.../s1. The molecule has 11 nitrogen and oxygen atoms in total. The van der Waals surface area contributed by atoms with E-state index in [-0.39, 0.29) is 53.7 Å². The number of hydrogen-bond donors (Lipinski definition) is 4. The van der Waals surface area contributed by atoms with Gasteiger partial charge in [-0.15, -0.1) is 12.4 Å². The molecule has 1 aromatic heterocycles. The first-order valence-corrected chi connectivity index (χ1v) is 11.4. The molecule has 0 fully saturated rings. The van der Waals surface area contributed by atoms with Crippen LogP contribution in [0.1, 0.15) is 37.8 Å². The number of phenols is 1. The van der Waals surface area contributed by atoms with Crippen molar-refractivity contribution in [2.24, 2.45) is 0 Å². The predicted octanol–water partition coefficient (Wildman–Crippen LogP) is 2.21. The number of aryl methyl sites for hydroxylation is 2. The summed E-state index contributed by atoms with van der Waals surface area (Å²) in [5.74, 6) is 1.47. The van der Waals surface area contributed by atoms with Gasteiger partial charge in [0.05, 0.1) is 11.8 Å². The number of hydrogen-bond acceptors (Lipinski definition) is 7. The van der Waals surface area contributed by atoms with Crippen LogP contribution in [0, 0.1) is 6.92 Å². The van der Waals surface area contributed by atoms with Gasteiger partial charge in [-0.25, -0.2) is 9.67 Å². The number of aliphatic hydroxyl groups excluding tert-OH is 1. The molecule has 0 bridgehead atoms. The highest BCUT2D eigenvalue weighted by Crippen LogP contribution is 2.38. The summed E-state index contributed by atoms with van der Waals surface area (Å²) < 4.78 is 7.37. The molecule has 2 aromatic carbocycles. The molecular formula is C24H33Cl2N5O6. The number of ether oxygens (including phenoxy) is 1. The number of aromatic hydroxyl groups is 1. The maximum Gasteiger partial charge on any atom is 0.262 e. The molecule has 37 heavy (non-hydrogen) atoms. The quantitative estimate of drug-likeness (QED) is 0.326. The van der Waals surface area contributed by atoms with Crippen LogP contribution in [0.2, 0.25) is 5.02 Å². The van der Waals surface area contributed by atoms with E-state index < -0.39 is 6.10 Å². The predicted molar refractivity (Wildman–Crippen MR) is 144 cm³/mol. The maximum absolute atomic E-state index is 11.6. The summed E-state index contributed by atoms with van der Waals surface area (Å²) in [6, 6.07) is 10.3. The van der Waals surface area contributed by atoms with Crippen LogP contribution in [-0.2, 0) is 11.3 Å². The lowest BCUT2D eigenvalue weighted by molar-refractivity contribution is -0.118. The van der Waals surface area contributed by atoms with E-state index in [0.29, 0.717) is 34.4 Å². The smallest absolute Gasteiger partial charge is 0.262 e. The number of amides is 1. The molecular weight excluding hydrogens is 525 g/mol. The average molecular weight is 558 g/mol. The Kier molecular flexibility index (Phi) is 11.3. The second-order valence-corrected chi connectivity index (χ2v) is 9.43. The van der Waals surface area contributed by atoms with Gasteiger partial charge in [-0.05, 0) is 57.5 Å². The summed E-state index contributed by atoms with van der Waals surface area (Å²) in [7, 11) is 0. The zero-order valence-electron chi connectivity index (χ0n) is 20.7. The first kappa shape index (κ1) is 32.1. The van der Waals surface area contributed by atoms with Crippen LogP contribution in [-0.4, -0.2) is 60.5 Å². The highest BCUT2D eigenvalue weighted by atomic mass is 35.5. The lowest BCUT2D eigenvalue weighted by Gasteiger charge is -2.29. The third-order valence-electron chi connectivity index (χ3n) is 5.76. The molecule has 1 aliphatic rings. The Morgan fingerprint density at radius 3 is 2.59 bits per heavy atom. The van der Waals surface area contributed by atoms with Crippen molar-refractivity contribution >= 4 is 35.6 Å². The van der Waals surface area contributed by atoms with Crippen LogP contribution in [0.3, 0.4) is 0 Å². The number of nitrogens with zero attached hydrogens (tertiary/aromatic N) is 3. The number of carbonyl (C=O) groups excluding carboxylic acids is 1. The van der Waals surface area contributed by atoms with E-state index in [1.807, 2.05) is 49.7 Å². The van der Waals surface area contributed by atoms with E-state index in [4.69, 9.17) is 16.3 Å². The molecule has 1 amide bonds. The molecule has 4 rings (SSSR count). The van der Waals surface area contributed by atoms with Crippen molar-refractivity contribution in [2.75, 3.05) is 18.5 Å². The third kappa shape index (κ3) is 7.78. The molecule has 2 heterocycles. The summed E-state index contributed by atoms with van der Waals surface area (Å²) in [5, 5.41) is 32.1. The molecule has 3 aromatic rings.